The molecule has 4 aromatic heterocycles. The summed E-state index contributed by atoms with van der Waals surface area (Å²) in [6, 6.07) is 40.7. The van der Waals surface area contributed by atoms with Crippen LogP contribution in [0.15, 0.2) is 120 Å². The van der Waals surface area contributed by atoms with Crippen LogP contribution in [0.25, 0.3) is 61.3 Å². The minimum Gasteiger partial charge on any atom is -0.500 e. The quantitative estimate of drug-likeness (QED) is 0.169. The van der Waals surface area contributed by atoms with Crippen molar-refractivity contribution >= 4 is 33.0 Å². The van der Waals surface area contributed by atoms with Gasteiger partial charge in [0.25, 0.3) is 0 Å². The SMILES string of the molecule is Cc1cc2c(nc(-c3[c-]cc(F)c4c3oc3ccccc34)n2-c2ccccc2)c(C)n1.[Ir].[c-]1ccccc1-c1ccccn1. The van der Waals surface area contributed by atoms with Crippen LogP contribution in [0.3, 0.4) is 0 Å². The Morgan fingerprint density at radius 1 is 0.818 bits per heavy atom. The summed E-state index contributed by atoms with van der Waals surface area (Å²) in [5.74, 6) is 0.278. The zero-order valence-corrected chi connectivity index (χ0v) is 26.3. The van der Waals surface area contributed by atoms with Gasteiger partial charge in [-0.3, -0.25) is 14.4 Å². The van der Waals surface area contributed by atoms with Gasteiger partial charge in [-0.15, -0.1) is 48.0 Å². The number of halogens is 1. The summed E-state index contributed by atoms with van der Waals surface area (Å²) in [6.07, 6.45) is 1.79. The summed E-state index contributed by atoms with van der Waals surface area (Å²) in [7, 11) is 0. The van der Waals surface area contributed by atoms with E-state index in [2.05, 4.69) is 26.7 Å². The molecule has 0 atom stereocenters. The van der Waals surface area contributed by atoms with Crippen LogP contribution in [-0.2, 0) is 20.1 Å². The predicted molar refractivity (Wildman–Crippen MR) is 168 cm³/mol. The van der Waals surface area contributed by atoms with Crippen molar-refractivity contribution in [2.45, 2.75) is 13.8 Å². The van der Waals surface area contributed by atoms with Gasteiger partial charge in [0.2, 0.25) is 0 Å². The first kappa shape index (κ1) is 29.1. The second-order valence-electron chi connectivity index (χ2n) is 10.1. The van der Waals surface area contributed by atoms with Crippen LogP contribution in [0.1, 0.15) is 11.4 Å². The number of nitrogens with zero attached hydrogens (tertiary/aromatic N) is 4. The van der Waals surface area contributed by atoms with Crippen molar-refractivity contribution in [3.8, 4) is 28.3 Å². The first-order valence-electron chi connectivity index (χ1n) is 13.9. The molecule has 0 saturated heterocycles. The van der Waals surface area contributed by atoms with Gasteiger partial charge < -0.3 is 14.0 Å². The average molecular weight is 753 g/mol. The van der Waals surface area contributed by atoms with E-state index >= 15 is 0 Å². The molecule has 4 aromatic carbocycles. The van der Waals surface area contributed by atoms with E-state index in [1.54, 1.807) is 6.20 Å². The fourth-order valence-electron chi connectivity index (χ4n) is 5.36. The minimum absolute atomic E-state index is 0. The molecule has 8 rings (SSSR count). The van der Waals surface area contributed by atoms with Crippen molar-refractivity contribution < 1.29 is 28.9 Å². The van der Waals surface area contributed by atoms with Crippen molar-refractivity contribution in [2.75, 3.05) is 0 Å². The number of furan rings is 1. The first-order chi connectivity index (χ1) is 21.1. The van der Waals surface area contributed by atoms with Crippen LogP contribution < -0.4 is 0 Å². The maximum Gasteiger partial charge on any atom is 0.121 e. The van der Waals surface area contributed by atoms with E-state index in [9.17, 15) is 4.39 Å². The van der Waals surface area contributed by atoms with Gasteiger partial charge in [0.15, 0.2) is 0 Å². The molecule has 0 unspecified atom stereocenters. The van der Waals surface area contributed by atoms with Gasteiger partial charge in [-0.05, 0) is 55.3 Å². The summed E-state index contributed by atoms with van der Waals surface area (Å²) in [5, 5.41) is 1.18. The molecule has 217 valence electrons. The summed E-state index contributed by atoms with van der Waals surface area (Å²) < 4.78 is 23.0. The normalized spacial score (nSPS) is 10.9. The molecule has 0 amide bonds. The summed E-state index contributed by atoms with van der Waals surface area (Å²) in [6.45, 7) is 3.92. The van der Waals surface area contributed by atoms with Crippen molar-refractivity contribution in [1.29, 1.82) is 0 Å². The van der Waals surface area contributed by atoms with Crippen molar-refractivity contribution in [1.82, 2.24) is 19.5 Å². The molecule has 0 aliphatic carbocycles. The van der Waals surface area contributed by atoms with Gasteiger partial charge in [-0.2, -0.15) is 0 Å². The largest absolute Gasteiger partial charge is 0.500 e. The van der Waals surface area contributed by atoms with E-state index in [0.29, 0.717) is 27.9 Å². The van der Waals surface area contributed by atoms with Gasteiger partial charge in [-0.25, -0.2) is 0 Å². The number of fused-ring (bicyclic) bond motifs is 4. The Morgan fingerprint density at radius 3 is 2.36 bits per heavy atom. The maximum absolute atomic E-state index is 14.9. The molecular weight excluding hydrogens is 728 g/mol. The molecule has 0 N–H and O–H groups in total. The molecule has 0 aliphatic rings. The van der Waals surface area contributed by atoms with E-state index in [4.69, 9.17) is 9.40 Å². The molecular formula is C37H25FIrN4O-2. The number of benzene rings is 4. The Morgan fingerprint density at radius 2 is 1.59 bits per heavy atom. The molecule has 8 aromatic rings. The Bertz CT molecular complexity index is 2170. The van der Waals surface area contributed by atoms with Crippen molar-refractivity contribution in [2.24, 2.45) is 0 Å². The third-order valence-electron chi connectivity index (χ3n) is 7.24. The summed E-state index contributed by atoms with van der Waals surface area (Å²) in [4.78, 5) is 13.7. The van der Waals surface area contributed by atoms with Crippen LogP contribution in [0.4, 0.5) is 4.39 Å². The van der Waals surface area contributed by atoms with E-state index in [0.717, 1.165) is 44.8 Å². The van der Waals surface area contributed by atoms with Gasteiger partial charge in [0.1, 0.15) is 5.58 Å². The number of para-hydroxylation sites is 2. The van der Waals surface area contributed by atoms with Gasteiger partial charge in [0.05, 0.1) is 28.1 Å². The molecule has 0 spiro atoms. The smallest absolute Gasteiger partial charge is 0.121 e. The Labute approximate surface area is 267 Å². The molecule has 44 heavy (non-hydrogen) atoms. The number of hydrogen-bond donors (Lipinski definition) is 0. The fraction of sp³-hybridized carbons (Fsp3) is 0.0541. The maximum atomic E-state index is 14.9. The Balaban J connectivity index is 0.000000222. The van der Waals surface area contributed by atoms with E-state index in [1.165, 1.54) is 6.07 Å². The van der Waals surface area contributed by atoms with E-state index in [1.807, 2.05) is 117 Å². The predicted octanol–water partition coefficient (Wildman–Crippen LogP) is 9.09. The third kappa shape index (κ3) is 5.32. The standard InChI is InChI=1S/C26H17FN3O.C11H8N.Ir/c1-15-14-21-24(16(2)28-15)29-26(30(21)17-8-4-3-5-9-17)19-12-13-20(27)23-18-10-6-7-11-22(18)31-25(19)23;1-2-6-10(7-3-1)11-8-4-5-9-12-11;/h3-11,13-14H,1-2H3;1-6,8-9H;/q2*-1;. The van der Waals surface area contributed by atoms with Gasteiger partial charge >= 0.3 is 0 Å². The third-order valence-corrected chi connectivity index (χ3v) is 7.24. The second kappa shape index (κ2) is 12.3. The van der Waals surface area contributed by atoms with E-state index in [-0.39, 0.29) is 25.9 Å². The monoisotopic (exact) mass is 753 g/mol. The first-order valence-corrected chi connectivity index (χ1v) is 13.9. The Kier molecular flexibility index (Phi) is 8.16. The van der Waals surface area contributed by atoms with Gasteiger partial charge in [-0.1, -0.05) is 54.1 Å². The van der Waals surface area contributed by atoms with Crippen LogP contribution >= 0.6 is 0 Å². The van der Waals surface area contributed by atoms with Crippen LogP contribution in [0, 0.1) is 31.8 Å². The second-order valence-corrected chi connectivity index (χ2v) is 10.1. The van der Waals surface area contributed by atoms with Crippen LogP contribution in [0.2, 0.25) is 0 Å². The minimum atomic E-state index is -0.361. The van der Waals surface area contributed by atoms with Crippen LogP contribution in [0.5, 0.6) is 0 Å². The molecule has 7 heteroatoms. The number of imidazole rings is 1. The summed E-state index contributed by atoms with van der Waals surface area (Å²) in [5.41, 5.74) is 8.14. The number of rotatable bonds is 3. The number of aryl methyl sites for hydroxylation is 2. The van der Waals surface area contributed by atoms with Gasteiger partial charge in [0, 0.05) is 48.9 Å². The molecule has 1 radical (unpaired) electrons. The zero-order valence-electron chi connectivity index (χ0n) is 23.9. The number of hydrogen-bond acceptors (Lipinski definition) is 4. The fourth-order valence-corrected chi connectivity index (χ4v) is 5.36. The van der Waals surface area contributed by atoms with Crippen molar-refractivity contribution in [3.63, 3.8) is 0 Å². The molecule has 0 bridgehead atoms. The Hall–Kier alpha value is -4.97. The molecule has 0 aliphatic heterocycles. The van der Waals surface area contributed by atoms with Crippen LogP contribution in [-0.4, -0.2) is 19.5 Å². The molecule has 4 heterocycles. The zero-order chi connectivity index (χ0) is 29.3. The molecule has 5 nitrogen and oxygen atoms in total. The average Bonchev–Trinajstić information content (AvgIpc) is 3.63. The number of aromatic nitrogens is 4. The van der Waals surface area contributed by atoms with Crippen molar-refractivity contribution in [3.05, 3.63) is 145 Å². The summed E-state index contributed by atoms with van der Waals surface area (Å²) >= 11 is 0. The molecule has 0 fully saturated rings. The number of pyridine rings is 2. The van der Waals surface area contributed by atoms with E-state index < -0.39 is 0 Å². The topological polar surface area (TPSA) is 56.7 Å². The molecule has 0 saturated carbocycles.